The predicted octanol–water partition coefficient (Wildman–Crippen LogP) is 2.71. The Labute approximate surface area is 75.7 Å². The minimum atomic E-state index is 1.35. The molecule has 11 heavy (non-hydrogen) atoms. The van der Waals surface area contributed by atoms with E-state index in [9.17, 15) is 0 Å². The molecule has 0 saturated heterocycles. The van der Waals surface area contributed by atoms with Crippen molar-refractivity contribution in [3.63, 3.8) is 0 Å². The first kappa shape index (κ1) is 7.48. The quantitative estimate of drug-likeness (QED) is 0.649. The van der Waals surface area contributed by atoms with Gasteiger partial charge >= 0.3 is 0 Å². The van der Waals surface area contributed by atoms with E-state index in [0.29, 0.717) is 0 Å². The Balaban J connectivity index is 2.14. The molecule has 2 aromatic heterocycles. The van der Waals surface area contributed by atoms with Crippen molar-refractivity contribution in [1.29, 1.82) is 0 Å². The van der Waals surface area contributed by atoms with Gasteiger partial charge in [-0.3, -0.25) is 0 Å². The van der Waals surface area contributed by atoms with Crippen molar-refractivity contribution >= 4 is 40.5 Å². The first-order valence-corrected chi connectivity index (χ1v) is 5.89. The van der Waals surface area contributed by atoms with Crippen LogP contribution in [0.15, 0.2) is 35.0 Å². The van der Waals surface area contributed by atoms with Crippen molar-refractivity contribution in [2.24, 2.45) is 0 Å². The Kier molecular flexibility index (Phi) is 2.37. The molecule has 55 valence electrons. The Hall–Kier alpha value is -0.170. The highest BCUT2D eigenvalue weighted by Crippen LogP contribution is 2.16. The van der Waals surface area contributed by atoms with Gasteiger partial charge in [0, 0.05) is 17.8 Å². The van der Waals surface area contributed by atoms with Gasteiger partial charge in [-0.05, 0) is 22.9 Å². The summed E-state index contributed by atoms with van der Waals surface area (Å²) in [7, 11) is 1.35. The molecule has 2 heterocycles. The lowest BCUT2D eigenvalue weighted by molar-refractivity contribution is 2.06. The molecule has 0 bridgehead atoms. The molecule has 0 unspecified atom stereocenters. The lowest BCUT2D eigenvalue weighted by atomic mass is 10.7. The number of hydrogen-bond acceptors (Lipinski definition) is 2. The molecule has 3 heteroatoms. The average molecular weight is 197 g/mol. The smallest absolute Gasteiger partial charge is 0.0382 e. The highest BCUT2D eigenvalue weighted by atomic mass is 32.1. The van der Waals surface area contributed by atoms with E-state index in [1.165, 1.54) is 17.8 Å². The summed E-state index contributed by atoms with van der Waals surface area (Å²) in [5.41, 5.74) is 0. The highest BCUT2D eigenvalue weighted by Gasteiger charge is 1.97. The van der Waals surface area contributed by atoms with Gasteiger partial charge in [0.2, 0.25) is 0 Å². The molecule has 0 spiro atoms. The molecule has 1 radical (unpaired) electrons. The minimum absolute atomic E-state index is 1.35. The van der Waals surface area contributed by atoms with Crippen LogP contribution in [-0.4, -0.2) is 0 Å². The molecule has 2 aromatic rings. The Morgan fingerprint density at radius 2 is 1.45 bits per heavy atom. The summed E-state index contributed by atoms with van der Waals surface area (Å²) in [5, 5.41) is 4.24. The number of thiophene rings is 2. The third kappa shape index (κ3) is 1.90. The highest BCUT2D eigenvalue weighted by molar-refractivity contribution is 7.68. The van der Waals surface area contributed by atoms with Crippen LogP contribution in [0.1, 0.15) is 0 Å². The standard InChI is InChI=1S/C8H6PS2/c1-3-7(10-5-1)9-8-4-2-6-11-8/h1-6H. The second-order valence-electron chi connectivity index (χ2n) is 2.01. The summed E-state index contributed by atoms with van der Waals surface area (Å²) in [4.78, 5) is 0. The summed E-state index contributed by atoms with van der Waals surface area (Å²) < 4.78 is 2.85. The van der Waals surface area contributed by atoms with Crippen LogP contribution in [0.5, 0.6) is 0 Å². The van der Waals surface area contributed by atoms with Crippen LogP contribution in [-0.2, 0) is 0 Å². The largest absolute Gasteiger partial charge is 0.143 e. The lowest BCUT2D eigenvalue weighted by Gasteiger charge is -1.88. The molecule has 0 amide bonds. The second-order valence-corrected chi connectivity index (χ2v) is 5.70. The second kappa shape index (κ2) is 3.48. The van der Waals surface area contributed by atoms with E-state index in [1.807, 2.05) is 22.7 Å². The topological polar surface area (TPSA) is 0 Å². The minimum Gasteiger partial charge on any atom is -0.143 e. The summed E-state index contributed by atoms with van der Waals surface area (Å²) in [6, 6.07) is 8.54. The van der Waals surface area contributed by atoms with E-state index in [4.69, 9.17) is 0 Å². The molecule has 0 saturated carbocycles. The van der Waals surface area contributed by atoms with Gasteiger partial charge in [0.25, 0.3) is 0 Å². The molecule has 0 aromatic carbocycles. The summed E-state index contributed by atoms with van der Waals surface area (Å²) in [5.74, 6) is 0. The molecule has 0 aliphatic rings. The van der Waals surface area contributed by atoms with E-state index in [-0.39, 0.29) is 0 Å². The van der Waals surface area contributed by atoms with E-state index in [1.54, 1.807) is 0 Å². The molecule has 0 N–H and O–H groups in total. The summed E-state index contributed by atoms with van der Waals surface area (Å²) in [6.45, 7) is 0. The zero-order valence-electron chi connectivity index (χ0n) is 5.73. The van der Waals surface area contributed by atoms with Crippen molar-refractivity contribution in [3.8, 4) is 0 Å². The molecule has 0 fully saturated rings. The lowest BCUT2D eigenvalue weighted by Crippen LogP contribution is -1.92. The van der Waals surface area contributed by atoms with Gasteiger partial charge < -0.3 is 0 Å². The molecular weight excluding hydrogens is 191 g/mol. The van der Waals surface area contributed by atoms with Gasteiger partial charge in [0.15, 0.2) is 0 Å². The fourth-order valence-electron chi connectivity index (χ4n) is 0.776. The van der Waals surface area contributed by atoms with Crippen LogP contribution in [0.3, 0.4) is 0 Å². The monoisotopic (exact) mass is 197 g/mol. The third-order valence-electron chi connectivity index (χ3n) is 1.23. The zero-order chi connectivity index (χ0) is 7.52. The molecule has 0 atom stereocenters. The fraction of sp³-hybridized carbons (Fsp3) is 0. The van der Waals surface area contributed by atoms with Crippen LogP contribution in [0.25, 0.3) is 0 Å². The molecule has 0 aliphatic heterocycles. The van der Waals surface area contributed by atoms with Crippen molar-refractivity contribution in [1.82, 2.24) is 0 Å². The van der Waals surface area contributed by atoms with Gasteiger partial charge in [-0.2, -0.15) is 0 Å². The van der Waals surface area contributed by atoms with Gasteiger partial charge in [0.05, 0.1) is 0 Å². The van der Waals surface area contributed by atoms with Crippen molar-refractivity contribution in [2.45, 2.75) is 0 Å². The number of rotatable bonds is 2. The van der Waals surface area contributed by atoms with E-state index < -0.39 is 0 Å². The summed E-state index contributed by atoms with van der Waals surface area (Å²) >= 11 is 3.63. The van der Waals surface area contributed by atoms with E-state index >= 15 is 0 Å². The third-order valence-corrected chi connectivity index (χ3v) is 4.49. The van der Waals surface area contributed by atoms with Crippen LogP contribution in [0.2, 0.25) is 0 Å². The summed E-state index contributed by atoms with van der Waals surface area (Å²) in [6.07, 6.45) is 0. The normalized spacial score (nSPS) is 10.2. The first-order chi connectivity index (χ1) is 5.45. The maximum Gasteiger partial charge on any atom is 0.0382 e. The molecular formula is C8H6PS2. The van der Waals surface area contributed by atoms with Gasteiger partial charge in [0.1, 0.15) is 0 Å². The van der Waals surface area contributed by atoms with Crippen LogP contribution in [0.4, 0.5) is 0 Å². The predicted molar refractivity (Wildman–Crippen MR) is 54.8 cm³/mol. The van der Waals surface area contributed by atoms with Gasteiger partial charge in [-0.1, -0.05) is 12.1 Å². The SMILES string of the molecule is c1csc([P]c2cccs2)c1. The van der Waals surface area contributed by atoms with Gasteiger partial charge in [-0.15, -0.1) is 22.7 Å². The van der Waals surface area contributed by atoms with E-state index in [2.05, 4.69) is 35.0 Å². The van der Waals surface area contributed by atoms with Crippen molar-refractivity contribution < 1.29 is 0 Å². The first-order valence-electron chi connectivity index (χ1n) is 3.24. The Morgan fingerprint density at radius 1 is 0.909 bits per heavy atom. The fourth-order valence-corrected chi connectivity index (χ4v) is 3.77. The van der Waals surface area contributed by atoms with Crippen LogP contribution >= 0.6 is 31.3 Å². The Morgan fingerprint density at radius 3 is 1.82 bits per heavy atom. The van der Waals surface area contributed by atoms with Gasteiger partial charge in [-0.25, -0.2) is 0 Å². The molecule has 0 aliphatic carbocycles. The van der Waals surface area contributed by atoms with E-state index in [0.717, 1.165) is 0 Å². The maximum absolute atomic E-state index is 2.17. The number of hydrogen-bond donors (Lipinski definition) is 0. The van der Waals surface area contributed by atoms with Crippen LogP contribution in [0, 0.1) is 0 Å². The van der Waals surface area contributed by atoms with Crippen LogP contribution < -0.4 is 9.24 Å². The maximum atomic E-state index is 2.17. The van der Waals surface area contributed by atoms with Crippen molar-refractivity contribution in [2.75, 3.05) is 0 Å². The van der Waals surface area contributed by atoms with Crippen molar-refractivity contribution in [3.05, 3.63) is 35.0 Å². The molecule has 2 rings (SSSR count). The average Bonchev–Trinajstić information content (AvgIpc) is 2.60. The molecule has 0 nitrogen and oxygen atoms in total. The zero-order valence-corrected chi connectivity index (χ0v) is 8.26. The Bertz CT molecular complexity index is 264.